The zero-order valence-electron chi connectivity index (χ0n) is 14.4. The Morgan fingerprint density at radius 3 is 2.27 bits per heavy atom. The average Bonchev–Trinajstić information content (AvgIpc) is 2.59. The van der Waals surface area contributed by atoms with Crippen molar-refractivity contribution in [1.82, 2.24) is 0 Å². The van der Waals surface area contributed by atoms with Crippen molar-refractivity contribution in [2.75, 3.05) is 44.7 Å². The van der Waals surface area contributed by atoms with Crippen LogP contribution >= 0.6 is 0 Å². The zero-order chi connectivity index (χ0) is 19.0. The molecule has 0 saturated carbocycles. The van der Waals surface area contributed by atoms with Gasteiger partial charge in [-0.3, -0.25) is 9.59 Å². The Morgan fingerprint density at radius 2 is 1.69 bits per heavy atom. The molecule has 0 aromatic heterocycles. The highest BCUT2D eigenvalue weighted by Crippen LogP contribution is 2.18. The van der Waals surface area contributed by atoms with Gasteiger partial charge in [-0.25, -0.2) is 4.99 Å². The molecule has 0 saturated heterocycles. The second-order valence-electron chi connectivity index (χ2n) is 6.05. The fourth-order valence-electron chi connectivity index (χ4n) is 2.57. The number of nitrogens with zero attached hydrogens (tertiary/aromatic N) is 2. The number of ketones is 2. The van der Waals surface area contributed by atoms with Crippen LogP contribution in [0.15, 0.2) is 41.4 Å². The molecule has 0 atom stereocenters. The highest BCUT2D eigenvalue weighted by Gasteiger charge is 2.17. The van der Waals surface area contributed by atoms with Crippen molar-refractivity contribution in [3.8, 4) is 0 Å². The van der Waals surface area contributed by atoms with Gasteiger partial charge in [0.25, 0.3) is 0 Å². The Hall–Kier alpha value is -2.39. The first-order valence-electron chi connectivity index (χ1n) is 8.41. The maximum absolute atomic E-state index is 12.3. The number of rotatable bonds is 9. The highest BCUT2D eigenvalue weighted by atomic mass is 16.5. The van der Waals surface area contributed by atoms with Gasteiger partial charge in [0.15, 0.2) is 11.6 Å². The molecule has 8 heteroatoms. The number of nitrogens with one attached hydrogen (secondary N) is 1. The number of Topliss-reactive ketones (excluding diaryl/α,β-unsaturated/α-hetero) is 1. The van der Waals surface area contributed by atoms with Gasteiger partial charge in [0, 0.05) is 5.69 Å². The molecule has 1 aliphatic carbocycles. The number of aliphatic hydroxyl groups is 2. The van der Waals surface area contributed by atoms with Crippen LogP contribution in [0.5, 0.6) is 0 Å². The standard InChI is InChI=1S/C18H23N3O5/c22-11-9-21(26,10-12-23)8-7-19-14-1-3-15(4-2-14)20-17-6-5-16(24)13-18(17)25/h1-6,19,22-23H,7-13H2. The van der Waals surface area contributed by atoms with E-state index in [1.807, 2.05) is 0 Å². The van der Waals surface area contributed by atoms with Gasteiger partial charge < -0.3 is 25.4 Å². The normalized spacial score (nSPS) is 16.3. The first kappa shape index (κ1) is 19.9. The summed E-state index contributed by atoms with van der Waals surface area (Å²) in [5.41, 5.74) is 1.63. The lowest BCUT2D eigenvalue weighted by atomic mass is 10.0. The number of allylic oxidation sites excluding steroid dienone is 2. The van der Waals surface area contributed by atoms with Crippen LogP contribution < -0.4 is 5.32 Å². The van der Waals surface area contributed by atoms with E-state index >= 15 is 0 Å². The summed E-state index contributed by atoms with van der Waals surface area (Å²) in [4.78, 5) is 27.1. The van der Waals surface area contributed by atoms with Crippen LogP contribution in [-0.4, -0.2) is 71.5 Å². The second-order valence-corrected chi connectivity index (χ2v) is 6.05. The zero-order valence-corrected chi connectivity index (χ0v) is 14.4. The minimum absolute atomic E-state index is 0.0444. The Morgan fingerprint density at radius 1 is 1.04 bits per heavy atom. The summed E-state index contributed by atoms with van der Waals surface area (Å²) in [5.74, 6) is -0.513. The molecule has 1 aromatic rings. The van der Waals surface area contributed by atoms with Crippen molar-refractivity contribution in [2.45, 2.75) is 6.42 Å². The number of aliphatic imine (C=N–C) groups is 1. The van der Waals surface area contributed by atoms with E-state index in [1.54, 1.807) is 24.3 Å². The lowest BCUT2D eigenvalue weighted by Crippen LogP contribution is -2.49. The van der Waals surface area contributed by atoms with E-state index in [2.05, 4.69) is 10.3 Å². The van der Waals surface area contributed by atoms with Gasteiger partial charge >= 0.3 is 0 Å². The Bertz CT molecular complexity index is 691. The van der Waals surface area contributed by atoms with Crippen LogP contribution in [-0.2, 0) is 9.59 Å². The number of hydrogen-bond acceptors (Lipinski definition) is 7. The van der Waals surface area contributed by atoms with Crippen molar-refractivity contribution in [1.29, 1.82) is 0 Å². The molecule has 26 heavy (non-hydrogen) atoms. The van der Waals surface area contributed by atoms with Gasteiger partial charge in [-0.05, 0) is 36.4 Å². The lowest BCUT2D eigenvalue weighted by molar-refractivity contribution is -0.879. The largest absolute Gasteiger partial charge is 0.633 e. The summed E-state index contributed by atoms with van der Waals surface area (Å²) in [7, 11) is 0. The van der Waals surface area contributed by atoms with E-state index in [4.69, 9.17) is 10.2 Å². The predicted octanol–water partition coefficient (Wildman–Crippen LogP) is 0.568. The van der Waals surface area contributed by atoms with E-state index in [0.717, 1.165) is 5.69 Å². The third kappa shape index (κ3) is 5.85. The highest BCUT2D eigenvalue weighted by molar-refractivity contribution is 6.49. The number of carbonyl (C=O) groups excluding carboxylic acids is 2. The minimum Gasteiger partial charge on any atom is -0.633 e. The number of hydrogen-bond donors (Lipinski definition) is 3. The summed E-state index contributed by atoms with van der Waals surface area (Å²) in [5, 5.41) is 33.4. The SMILES string of the molecule is O=C1C=CC(=Nc2ccc(NCC[N+]([O-])(CCO)CCO)cc2)C(=O)C1. The molecule has 0 bridgehead atoms. The van der Waals surface area contributed by atoms with E-state index < -0.39 is 4.65 Å². The monoisotopic (exact) mass is 361 g/mol. The lowest BCUT2D eigenvalue weighted by Gasteiger charge is -2.42. The molecule has 8 nitrogen and oxygen atoms in total. The van der Waals surface area contributed by atoms with Gasteiger partial charge in [0.2, 0.25) is 0 Å². The number of hydroxylamine groups is 3. The first-order chi connectivity index (χ1) is 12.5. The van der Waals surface area contributed by atoms with Crippen LogP contribution in [0.1, 0.15) is 6.42 Å². The van der Waals surface area contributed by atoms with Crippen molar-refractivity contribution >= 4 is 28.7 Å². The first-order valence-corrected chi connectivity index (χ1v) is 8.41. The molecule has 1 aromatic carbocycles. The number of anilines is 1. The fourth-order valence-corrected chi connectivity index (χ4v) is 2.57. The number of carbonyl (C=O) groups is 2. The minimum atomic E-state index is -0.654. The molecule has 0 unspecified atom stereocenters. The van der Waals surface area contributed by atoms with E-state index in [1.165, 1.54) is 12.2 Å². The van der Waals surface area contributed by atoms with Crippen molar-refractivity contribution in [3.63, 3.8) is 0 Å². The summed E-state index contributed by atoms with van der Waals surface area (Å²) in [6, 6.07) is 7.01. The molecule has 0 fully saturated rings. The third-order valence-electron chi connectivity index (χ3n) is 4.03. The molecule has 2 rings (SSSR count). The predicted molar refractivity (Wildman–Crippen MR) is 98.2 cm³/mol. The summed E-state index contributed by atoms with van der Waals surface area (Å²) < 4.78 is -0.654. The molecule has 0 aliphatic heterocycles. The van der Waals surface area contributed by atoms with Crippen LogP contribution in [0.2, 0.25) is 0 Å². The smallest absolute Gasteiger partial charge is 0.188 e. The van der Waals surface area contributed by atoms with Crippen LogP contribution in [0.3, 0.4) is 0 Å². The van der Waals surface area contributed by atoms with Gasteiger partial charge in [-0.2, -0.15) is 0 Å². The maximum Gasteiger partial charge on any atom is 0.188 e. The Balaban J connectivity index is 1.92. The molecule has 0 radical (unpaired) electrons. The molecule has 140 valence electrons. The molecule has 0 spiro atoms. The topological polar surface area (TPSA) is 122 Å². The van der Waals surface area contributed by atoms with Crippen LogP contribution in [0.4, 0.5) is 11.4 Å². The van der Waals surface area contributed by atoms with Crippen LogP contribution in [0.25, 0.3) is 0 Å². The summed E-state index contributed by atoms with van der Waals surface area (Å²) in [6.07, 6.45) is 2.63. The second kappa shape index (κ2) is 9.35. The molecule has 0 amide bonds. The maximum atomic E-state index is 12.3. The fraction of sp³-hybridized carbons (Fsp3) is 0.389. The summed E-state index contributed by atoms with van der Waals surface area (Å²) >= 11 is 0. The third-order valence-corrected chi connectivity index (χ3v) is 4.03. The van der Waals surface area contributed by atoms with Crippen molar-refractivity contribution in [2.24, 2.45) is 4.99 Å². The van der Waals surface area contributed by atoms with Crippen molar-refractivity contribution < 1.29 is 24.4 Å². The van der Waals surface area contributed by atoms with Gasteiger partial charge in [-0.1, -0.05) is 0 Å². The molecular weight excluding hydrogens is 338 g/mol. The number of quaternary nitrogens is 1. The number of benzene rings is 1. The Labute approximate surface area is 151 Å². The summed E-state index contributed by atoms with van der Waals surface area (Å²) in [6.45, 7) is 0.249. The van der Waals surface area contributed by atoms with E-state index in [9.17, 15) is 14.8 Å². The van der Waals surface area contributed by atoms with E-state index in [-0.39, 0.29) is 56.5 Å². The van der Waals surface area contributed by atoms with Crippen molar-refractivity contribution in [3.05, 3.63) is 41.6 Å². The van der Waals surface area contributed by atoms with Gasteiger partial charge in [0.05, 0.1) is 38.4 Å². The van der Waals surface area contributed by atoms with Gasteiger partial charge in [-0.15, -0.1) is 0 Å². The number of aliphatic hydroxyl groups excluding tert-OH is 2. The van der Waals surface area contributed by atoms with Crippen LogP contribution in [0, 0.1) is 5.21 Å². The Kier molecular flexibility index (Phi) is 7.16. The van der Waals surface area contributed by atoms with E-state index in [0.29, 0.717) is 12.2 Å². The molecule has 1 aliphatic rings. The molecular formula is C18H23N3O5. The molecule has 0 heterocycles. The average molecular weight is 361 g/mol. The van der Waals surface area contributed by atoms with Gasteiger partial charge in [0.1, 0.15) is 18.8 Å². The molecule has 3 N–H and O–H groups in total. The quantitative estimate of drug-likeness (QED) is 0.336.